The molecule has 0 saturated carbocycles. The Morgan fingerprint density at radius 2 is 1.95 bits per heavy atom. The first-order valence-corrected chi connectivity index (χ1v) is 5.97. The molecule has 0 aliphatic rings. The number of rotatable bonds is 1. The highest BCUT2D eigenvalue weighted by Gasteiger charge is 2.34. The highest BCUT2D eigenvalue weighted by molar-refractivity contribution is 5.95. The fourth-order valence-corrected chi connectivity index (χ4v) is 2.08. The average Bonchev–Trinajstić information content (AvgIpc) is 2.45. The van der Waals surface area contributed by atoms with Gasteiger partial charge in [0.05, 0.1) is 5.69 Å². The molecule has 3 aromatic rings. The fourth-order valence-electron chi connectivity index (χ4n) is 2.08. The van der Waals surface area contributed by atoms with Crippen LogP contribution in [-0.4, -0.2) is 15.0 Å². The van der Waals surface area contributed by atoms with Crippen molar-refractivity contribution in [2.24, 2.45) is 0 Å². The van der Waals surface area contributed by atoms with Gasteiger partial charge >= 0.3 is 6.18 Å². The molecule has 0 saturated heterocycles. The van der Waals surface area contributed by atoms with Gasteiger partial charge in [0.2, 0.25) is 5.82 Å². The van der Waals surface area contributed by atoms with E-state index in [0.29, 0.717) is 10.9 Å². The fraction of sp³-hybridized carbons (Fsp3) is 0.0714. The number of hydrogen-bond acceptors (Lipinski definition) is 3. The minimum absolute atomic E-state index is 0.0251. The van der Waals surface area contributed by atoms with Crippen LogP contribution in [0.5, 0.6) is 0 Å². The number of aromatic amines is 1. The summed E-state index contributed by atoms with van der Waals surface area (Å²) in [5.74, 6) is -1.31. The van der Waals surface area contributed by atoms with E-state index in [1.165, 1.54) is 6.20 Å². The summed E-state index contributed by atoms with van der Waals surface area (Å²) in [7, 11) is 0. The lowest BCUT2D eigenvalue weighted by molar-refractivity contribution is -0.145. The Hall–Kier alpha value is -2.70. The summed E-state index contributed by atoms with van der Waals surface area (Å²) in [6.45, 7) is 0. The van der Waals surface area contributed by atoms with Gasteiger partial charge in [-0.05, 0) is 11.5 Å². The van der Waals surface area contributed by atoms with Crippen molar-refractivity contribution in [1.29, 1.82) is 0 Å². The van der Waals surface area contributed by atoms with Crippen LogP contribution in [0.4, 0.5) is 13.2 Å². The van der Waals surface area contributed by atoms with Crippen molar-refractivity contribution in [3.8, 4) is 11.3 Å². The molecule has 21 heavy (non-hydrogen) atoms. The van der Waals surface area contributed by atoms with Gasteiger partial charge in [-0.3, -0.25) is 9.78 Å². The van der Waals surface area contributed by atoms with E-state index in [1.54, 1.807) is 35.4 Å². The van der Waals surface area contributed by atoms with E-state index in [2.05, 4.69) is 9.97 Å². The first-order chi connectivity index (χ1) is 9.95. The monoisotopic (exact) mass is 291 g/mol. The van der Waals surface area contributed by atoms with Gasteiger partial charge < -0.3 is 4.98 Å². The molecule has 0 unspecified atom stereocenters. The molecule has 0 fully saturated rings. The lowest BCUT2D eigenvalue weighted by Crippen LogP contribution is -2.18. The van der Waals surface area contributed by atoms with E-state index in [1.807, 2.05) is 0 Å². The predicted molar refractivity (Wildman–Crippen MR) is 70.6 cm³/mol. The topological polar surface area (TPSA) is 58.6 Å². The predicted octanol–water partition coefficient (Wildman–Crippen LogP) is 3.00. The zero-order valence-corrected chi connectivity index (χ0v) is 10.5. The largest absolute Gasteiger partial charge is 0.449 e. The Labute approximate surface area is 116 Å². The zero-order valence-electron chi connectivity index (χ0n) is 10.5. The van der Waals surface area contributed by atoms with E-state index in [9.17, 15) is 18.0 Å². The quantitative estimate of drug-likeness (QED) is 0.749. The van der Waals surface area contributed by atoms with Gasteiger partial charge in [-0.2, -0.15) is 13.2 Å². The molecule has 2 aromatic heterocycles. The minimum Gasteiger partial charge on any atom is -0.303 e. The van der Waals surface area contributed by atoms with Crippen LogP contribution in [0.25, 0.3) is 22.0 Å². The van der Waals surface area contributed by atoms with E-state index < -0.39 is 17.6 Å². The van der Waals surface area contributed by atoms with Crippen molar-refractivity contribution in [3.05, 3.63) is 58.9 Å². The third kappa shape index (κ3) is 2.49. The van der Waals surface area contributed by atoms with Crippen molar-refractivity contribution in [2.75, 3.05) is 0 Å². The summed E-state index contributed by atoms with van der Waals surface area (Å²) < 4.78 is 38.2. The highest BCUT2D eigenvalue weighted by atomic mass is 19.4. The number of benzene rings is 1. The van der Waals surface area contributed by atoms with Gasteiger partial charge in [-0.25, -0.2) is 4.98 Å². The van der Waals surface area contributed by atoms with Crippen LogP contribution < -0.4 is 5.56 Å². The average molecular weight is 291 g/mol. The molecule has 0 atom stereocenters. The molecule has 0 radical (unpaired) electrons. The Morgan fingerprint density at radius 1 is 1.14 bits per heavy atom. The number of pyridine rings is 1. The van der Waals surface area contributed by atoms with E-state index in [4.69, 9.17) is 0 Å². The number of nitrogens with one attached hydrogen (secondary N) is 1. The number of hydrogen-bond donors (Lipinski definition) is 1. The summed E-state index contributed by atoms with van der Waals surface area (Å²) in [5, 5.41) is 1.43. The maximum absolute atomic E-state index is 12.7. The zero-order chi connectivity index (χ0) is 15.0. The first kappa shape index (κ1) is 13.3. The van der Waals surface area contributed by atoms with Gasteiger partial charge in [-0.1, -0.05) is 18.2 Å². The standard InChI is InChI=1S/C14H8F3N3O/c15-14(16,17)13-19-11(6-12(21)20-13)10-3-1-2-8-7-18-5-4-9(8)10/h1-7H,(H,19,20,21). The summed E-state index contributed by atoms with van der Waals surface area (Å²) >= 11 is 0. The Balaban J connectivity index is 2.29. The van der Waals surface area contributed by atoms with Crippen molar-refractivity contribution < 1.29 is 13.2 Å². The van der Waals surface area contributed by atoms with Gasteiger partial charge in [0, 0.05) is 29.4 Å². The molecular weight excluding hydrogens is 283 g/mol. The molecule has 106 valence electrons. The Kier molecular flexibility index (Phi) is 2.97. The van der Waals surface area contributed by atoms with Gasteiger partial charge in [0.15, 0.2) is 0 Å². The molecule has 4 nitrogen and oxygen atoms in total. The second-order valence-electron chi connectivity index (χ2n) is 4.38. The molecule has 0 amide bonds. The Morgan fingerprint density at radius 3 is 2.71 bits per heavy atom. The second kappa shape index (κ2) is 4.69. The van der Waals surface area contributed by atoms with Gasteiger partial charge in [0.25, 0.3) is 5.56 Å². The normalized spacial score (nSPS) is 11.8. The molecule has 1 aromatic carbocycles. The molecule has 2 heterocycles. The number of halogens is 3. The van der Waals surface area contributed by atoms with Gasteiger partial charge in [0.1, 0.15) is 0 Å². The molecule has 3 rings (SSSR count). The maximum atomic E-state index is 12.7. The molecule has 1 N–H and O–H groups in total. The maximum Gasteiger partial charge on any atom is 0.449 e. The van der Waals surface area contributed by atoms with Crippen LogP contribution in [0.1, 0.15) is 5.82 Å². The number of aromatic nitrogens is 3. The summed E-state index contributed by atoms with van der Waals surface area (Å²) in [6, 6.07) is 7.79. The van der Waals surface area contributed by atoms with Crippen LogP contribution >= 0.6 is 0 Å². The van der Waals surface area contributed by atoms with Crippen molar-refractivity contribution >= 4 is 10.8 Å². The smallest absolute Gasteiger partial charge is 0.303 e. The van der Waals surface area contributed by atoms with Crippen LogP contribution in [0, 0.1) is 0 Å². The molecule has 7 heteroatoms. The molecule has 0 aliphatic heterocycles. The van der Waals surface area contributed by atoms with Crippen LogP contribution in [0.15, 0.2) is 47.5 Å². The molecular formula is C14H8F3N3O. The number of nitrogens with zero attached hydrogens (tertiary/aromatic N) is 2. The highest BCUT2D eigenvalue weighted by Crippen LogP contribution is 2.29. The third-order valence-corrected chi connectivity index (χ3v) is 2.97. The van der Waals surface area contributed by atoms with Crippen LogP contribution in [0.3, 0.4) is 0 Å². The second-order valence-corrected chi connectivity index (χ2v) is 4.38. The minimum atomic E-state index is -4.71. The number of H-pyrrole nitrogens is 1. The lowest BCUT2D eigenvalue weighted by atomic mass is 10.0. The SMILES string of the molecule is O=c1cc(-c2cccc3cnccc23)nc(C(F)(F)F)[nH]1. The van der Waals surface area contributed by atoms with Crippen LogP contribution in [0.2, 0.25) is 0 Å². The van der Waals surface area contributed by atoms with Crippen LogP contribution in [-0.2, 0) is 6.18 Å². The summed E-state index contributed by atoms with van der Waals surface area (Å²) in [5.41, 5.74) is -0.423. The van der Waals surface area contributed by atoms with E-state index in [0.717, 1.165) is 11.5 Å². The van der Waals surface area contributed by atoms with E-state index in [-0.39, 0.29) is 5.69 Å². The van der Waals surface area contributed by atoms with Crippen molar-refractivity contribution in [1.82, 2.24) is 15.0 Å². The molecule has 0 spiro atoms. The number of alkyl halides is 3. The summed E-state index contributed by atoms with van der Waals surface area (Å²) in [4.78, 5) is 20.6. The molecule has 0 aliphatic carbocycles. The third-order valence-electron chi connectivity index (χ3n) is 2.97. The first-order valence-electron chi connectivity index (χ1n) is 5.97. The van der Waals surface area contributed by atoms with E-state index >= 15 is 0 Å². The lowest BCUT2D eigenvalue weighted by Gasteiger charge is -2.09. The molecule has 0 bridgehead atoms. The summed E-state index contributed by atoms with van der Waals surface area (Å²) in [6.07, 6.45) is -1.58. The Bertz CT molecular complexity index is 866. The van der Waals surface area contributed by atoms with Crippen molar-refractivity contribution in [3.63, 3.8) is 0 Å². The number of fused-ring (bicyclic) bond motifs is 1. The van der Waals surface area contributed by atoms with Crippen molar-refractivity contribution in [2.45, 2.75) is 6.18 Å². The van der Waals surface area contributed by atoms with Gasteiger partial charge in [-0.15, -0.1) is 0 Å².